The third-order valence-electron chi connectivity index (χ3n) is 4.87. The predicted octanol–water partition coefficient (Wildman–Crippen LogP) is 4.13. The molecule has 0 saturated carbocycles. The van der Waals surface area contributed by atoms with Gasteiger partial charge in [0.1, 0.15) is 16.5 Å². The van der Waals surface area contributed by atoms with Crippen LogP contribution in [-0.2, 0) is 12.7 Å². The second-order valence-electron chi connectivity index (χ2n) is 6.87. The van der Waals surface area contributed by atoms with Crippen LogP contribution in [0.4, 0.5) is 13.2 Å². The number of nitrogens with zero attached hydrogens (tertiary/aromatic N) is 3. The molecular formula is C20H25F3N4O2S. The smallest absolute Gasteiger partial charge is 0.434 e. The number of hydrogen-bond acceptors (Lipinski definition) is 5. The van der Waals surface area contributed by atoms with Gasteiger partial charge >= 0.3 is 6.18 Å². The van der Waals surface area contributed by atoms with Crippen molar-refractivity contribution in [3.8, 4) is 11.5 Å². The fourth-order valence-electron chi connectivity index (χ4n) is 3.37. The van der Waals surface area contributed by atoms with Crippen LogP contribution in [0.15, 0.2) is 28.6 Å². The van der Waals surface area contributed by atoms with Crippen molar-refractivity contribution in [2.24, 2.45) is 4.99 Å². The van der Waals surface area contributed by atoms with E-state index in [1.807, 2.05) is 25.1 Å². The number of methoxy groups -OCH3 is 2. The zero-order chi connectivity index (χ0) is 21.7. The van der Waals surface area contributed by atoms with Crippen LogP contribution in [0, 0.1) is 0 Å². The lowest BCUT2D eigenvalue weighted by atomic mass is 9.98. The van der Waals surface area contributed by atoms with Gasteiger partial charge in [0, 0.05) is 37.0 Å². The Morgan fingerprint density at radius 1 is 1.27 bits per heavy atom. The number of likely N-dealkylation sites (tertiary alicyclic amines) is 1. The van der Waals surface area contributed by atoms with Crippen molar-refractivity contribution in [1.29, 1.82) is 0 Å². The quantitative estimate of drug-likeness (QED) is 0.538. The second-order valence-corrected chi connectivity index (χ2v) is 7.81. The summed E-state index contributed by atoms with van der Waals surface area (Å²) >= 11 is 0.972. The van der Waals surface area contributed by atoms with E-state index in [-0.39, 0.29) is 12.5 Å². The topological polar surface area (TPSA) is 59.0 Å². The molecule has 0 radical (unpaired) electrons. The fourth-order valence-corrected chi connectivity index (χ4v) is 4.10. The summed E-state index contributed by atoms with van der Waals surface area (Å²) in [5.41, 5.74) is 0.259. The number of guanidine groups is 1. The molecular weight excluding hydrogens is 417 g/mol. The Morgan fingerprint density at radius 3 is 2.53 bits per heavy atom. The molecule has 6 nitrogen and oxygen atoms in total. The third kappa shape index (κ3) is 5.35. The van der Waals surface area contributed by atoms with Crippen LogP contribution in [0.3, 0.4) is 0 Å². The first-order valence-electron chi connectivity index (χ1n) is 9.61. The molecule has 1 atom stereocenters. The van der Waals surface area contributed by atoms with Crippen molar-refractivity contribution < 1.29 is 22.6 Å². The number of rotatable bonds is 6. The molecule has 0 bridgehead atoms. The molecule has 3 rings (SSSR count). The van der Waals surface area contributed by atoms with Crippen molar-refractivity contribution in [2.75, 3.05) is 33.9 Å². The minimum absolute atomic E-state index is 0.108. The highest BCUT2D eigenvalue weighted by molar-refractivity contribution is 7.09. The van der Waals surface area contributed by atoms with Crippen molar-refractivity contribution in [3.05, 3.63) is 39.8 Å². The van der Waals surface area contributed by atoms with Gasteiger partial charge in [-0.05, 0) is 31.0 Å². The summed E-state index contributed by atoms with van der Waals surface area (Å²) in [5.74, 6) is 2.44. The number of aliphatic imine (C=N–C) groups is 1. The highest BCUT2D eigenvalue weighted by Crippen LogP contribution is 2.33. The zero-order valence-electron chi connectivity index (χ0n) is 17.1. The summed E-state index contributed by atoms with van der Waals surface area (Å²) < 4.78 is 49.0. The zero-order valence-corrected chi connectivity index (χ0v) is 17.9. The summed E-state index contributed by atoms with van der Waals surface area (Å²) in [5, 5.41) is 4.60. The average molecular weight is 443 g/mol. The van der Waals surface area contributed by atoms with Gasteiger partial charge in [-0.3, -0.25) is 0 Å². The SMILES string of the molecule is CCNC(=NCc1nc(C(F)(F)F)cs1)N1CCC(c2cc(OC)cc(OC)c2)C1. The van der Waals surface area contributed by atoms with Crippen LogP contribution in [0.2, 0.25) is 0 Å². The molecule has 164 valence electrons. The second kappa shape index (κ2) is 9.55. The van der Waals surface area contributed by atoms with Crippen molar-refractivity contribution in [1.82, 2.24) is 15.2 Å². The summed E-state index contributed by atoms with van der Waals surface area (Å²) in [7, 11) is 3.25. The van der Waals surface area contributed by atoms with Crippen molar-refractivity contribution in [3.63, 3.8) is 0 Å². The summed E-state index contributed by atoms with van der Waals surface area (Å²) in [6.45, 7) is 4.27. The van der Waals surface area contributed by atoms with Crippen molar-refractivity contribution in [2.45, 2.75) is 32.0 Å². The number of hydrogen-bond donors (Lipinski definition) is 1. The number of alkyl halides is 3. The highest BCUT2D eigenvalue weighted by Gasteiger charge is 2.33. The minimum atomic E-state index is -4.43. The van der Waals surface area contributed by atoms with Crippen LogP contribution < -0.4 is 14.8 Å². The average Bonchev–Trinajstić information content (AvgIpc) is 3.40. The Bertz CT molecular complexity index is 863. The molecule has 1 aromatic carbocycles. The normalized spacial score (nSPS) is 17.3. The van der Waals surface area contributed by atoms with E-state index in [0.29, 0.717) is 17.5 Å². The monoisotopic (exact) mass is 442 g/mol. The van der Waals surface area contributed by atoms with Crippen LogP contribution >= 0.6 is 11.3 Å². The number of thiazole rings is 1. The number of aromatic nitrogens is 1. The van der Waals surface area contributed by atoms with E-state index in [2.05, 4.69) is 20.2 Å². The van der Waals surface area contributed by atoms with Gasteiger partial charge in [-0.25, -0.2) is 9.98 Å². The van der Waals surface area contributed by atoms with Gasteiger partial charge in [0.25, 0.3) is 0 Å². The van der Waals surface area contributed by atoms with Gasteiger partial charge in [-0.1, -0.05) is 0 Å². The molecule has 1 fully saturated rings. The van der Waals surface area contributed by atoms with Gasteiger partial charge in [0.15, 0.2) is 11.7 Å². The Balaban J connectivity index is 1.72. The van der Waals surface area contributed by atoms with Crippen LogP contribution in [0.1, 0.15) is 35.5 Å². The number of nitrogens with one attached hydrogen (secondary N) is 1. The molecule has 1 saturated heterocycles. The molecule has 2 aromatic rings. The Kier molecular flexibility index (Phi) is 7.06. The van der Waals surface area contributed by atoms with E-state index in [9.17, 15) is 13.2 Å². The van der Waals surface area contributed by atoms with Gasteiger partial charge in [0.2, 0.25) is 0 Å². The first kappa shape index (κ1) is 22.2. The molecule has 10 heteroatoms. The van der Waals surface area contributed by atoms with Crippen molar-refractivity contribution >= 4 is 17.3 Å². The summed E-state index contributed by atoms with van der Waals surface area (Å²) in [6, 6.07) is 5.86. The summed E-state index contributed by atoms with van der Waals surface area (Å²) in [6.07, 6.45) is -3.50. The third-order valence-corrected chi connectivity index (χ3v) is 5.71. The molecule has 0 aliphatic carbocycles. The summed E-state index contributed by atoms with van der Waals surface area (Å²) in [4.78, 5) is 10.3. The Hall–Kier alpha value is -2.49. The van der Waals surface area contributed by atoms with E-state index in [1.54, 1.807) is 14.2 Å². The molecule has 1 unspecified atom stereocenters. The molecule has 2 heterocycles. The van der Waals surface area contributed by atoms with Gasteiger partial charge in [-0.15, -0.1) is 11.3 Å². The standard InChI is InChI=1S/C20H25F3N4O2S/c1-4-24-19(25-10-18-26-17(12-30-18)20(21,22)23)27-6-5-13(11-27)14-7-15(28-2)9-16(8-14)29-3/h7-9,12-13H,4-6,10-11H2,1-3H3,(H,24,25). The Morgan fingerprint density at radius 2 is 1.97 bits per heavy atom. The van der Waals surface area contributed by atoms with E-state index >= 15 is 0 Å². The van der Waals surface area contributed by atoms with E-state index in [0.717, 1.165) is 53.3 Å². The van der Waals surface area contributed by atoms with Gasteiger partial charge in [-0.2, -0.15) is 13.2 Å². The molecule has 1 aliphatic rings. The Labute approximate surface area is 177 Å². The first-order chi connectivity index (χ1) is 14.3. The molecule has 30 heavy (non-hydrogen) atoms. The number of halogens is 3. The minimum Gasteiger partial charge on any atom is -0.497 e. The molecule has 0 amide bonds. The highest BCUT2D eigenvalue weighted by atomic mass is 32.1. The maximum Gasteiger partial charge on any atom is 0.434 e. The maximum atomic E-state index is 12.7. The van der Waals surface area contributed by atoms with Crippen LogP contribution in [-0.4, -0.2) is 49.7 Å². The number of benzene rings is 1. The predicted molar refractivity (Wildman–Crippen MR) is 110 cm³/mol. The van der Waals surface area contributed by atoms with Crippen LogP contribution in [0.5, 0.6) is 11.5 Å². The molecule has 1 N–H and O–H groups in total. The van der Waals surface area contributed by atoms with E-state index < -0.39 is 11.9 Å². The lowest BCUT2D eigenvalue weighted by Gasteiger charge is -2.22. The maximum absolute atomic E-state index is 12.7. The molecule has 1 aliphatic heterocycles. The van der Waals surface area contributed by atoms with E-state index in [4.69, 9.17) is 9.47 Å². The molecule has 1 aromatic heterocycles. The first-order valence-corrected chi connectivity index (χ1v) is 10.5. The fraction of sp³-hybridized carbons (Fsp3) is 0.500. The van der Waals surface area contributed by atoms with Gasteiger partial charge < -0.3 is 19.7 Å². The van der Waals surface area contributed by atoms with Gasteiger partial charge in [0.05, 0.1) is 20.8 Å². The lowest BCUT2D eigenvalue weighted by Crippen LogP contribution is -2.40. The largest absolute Gasteiger partial charge is 0.497 e. The number of ether oxygens (including phenoxy) is 2. The van der Waals surface area contributed by atoms with E-state index in [1.165, 1.54) is 0 Å². The molecule has 0 spiro atoms. The lowest BCUT2D eigenvalue weighted by molar-refractivity contribution is -0.140. The van der Waals surface area contributed by atoms with Crippen LogP contribution in [0.25, 0.3) is 0 Å².